The number of hydrogen-bond acceptors (Lipinski definition) is 3. The molecule has 2 N–H and O–H groups in total. The first-order valence-electron chi connectivity index (χ1n) is 6.22. The monoisotopic (exact) mass is 233 g/mol. The van der Waals surface area contributed by atoms with Crippen LogP contribution in [0.3, 0.4) is 0 Å². The third-order valence-electron chi connectivity index (χ3n) is 3.07. The van der Waals surface area contributed by atoms with Gasteiger partial charge in [-0.25, -0.2) is 0 Å². The Balaban J connectivity index is 1.70. The molecule has 92 valence electrons. The predicted octanol–water partition coefficient (Wildman–Crippen LogP) is 1.90. The molecule has 3 nitrogen and oxygen atoms in total. The first-order valence-corrected chi connectivity index (χ1v) is 6.22. The van der Waals surface area contributed by atoms with E-state index in [1.54, 1.807) is 0 Å². The Bertz CT molecular complexity index is 360. The Hall–Kier alpha value is -1.35. The Labute approximate surface area is 102 Å². The van der Waals surface area contributed by atoms with Crippen molar-refractivity contribution in [1.29, 1.82) is 0 Å². The highest BCUT2D eigenvalue weighted by atomic mass is 16.5. The lowest BCUT2D eigenvalue weighted by atomic mass is 10.1. The molecule has 0 bridgehead atoms. The third-order valence-corrected chi connectivity index (χ3v) is 3.07. The summed E-state index contributed by atoms with van der Waals surface area (Å²) in [4.78, 5) is 11.6. The van der Waals surface area contributed by atoms with E-state index in [-0.39, 0.29) is 5.97 Å². The maximum absolute atomic E-state index is 11.6. The zero-order chi connectivity index (χ0) is 12.1. The molecule has 0 amide bonds. The zero-order valence-electron chi connectivity index (χ0n) is 9.97. The fourth-order valence-electron chi connectivity index (χ4n) is 1.79. The minimum atomic E-state index is -0.545. The molecule has 17 heavy (non-hydrogen) atoms. The van der Waals surface area contributed by atoms with Crippen LogP contribution in [0, 0.1) is 5.92 Å². The second-order valence-electron chi connectivity index (χ2n) is 4.70. The van der Waals surface area contributed by atoms with Crippen molar-refractivity contribution in [3.63, 3.8) is 0 Å². The molecule has 1 fully saturated rings. The number of rotatable bonds is 6. The predicted molar refractivity (Wildman–Crippen MR) is 66.4 cm³/mol. The Morgan fingerprint density at radius 1 is 1.35 bits per heavy atom. The number of nitrogens with two attached hydrogens (primary N) is 1. The fraction of sp³-hybridized carbons (Fsp3) is 0.500. The summed E-state index contributed by atoms with van der Waals surface area (Å²) in [5.41, 5.74) is 6.88. The van der Waals surface area contributed by atoms with Gasteiger partial charge in [-0.1, -0.05) is 43.2 Å². The van der Waals surface area contributed by atoms with Gasteiger partial charge in [0, 0.05) is 0 Å². The van der Waals surface area contributed by atoms with Crippen LogP contribution in [0.5, 0.6) is 0 Å². The molecule has 1 aromatic carbocycles. The van der Waals surface area contributed by atoms with Gasteiger partial charge in [0.1, 0.15) is 6.04 Å². The molecule has 1 atom stereocenters. The molecule has 0 radical (unpaired) electrons. The summed E-state index contributed by atoms with van der Waals surface area (Å²) in [5, 5.41) is 0. The van der Waals surface area contributed by atoms with Crippen LogP contribution in [0.1, 0.15) is 24.8 Å². The van der Waals surface area contributed by atoms with Crippen LogP contribution in [-0.4, -0.2) is 18.6 Å². The van der Waals surface area contributed by atoms with Gasteiger partial charge in [0.15, 0.2) is 0 Å². The average molecular weight is 233 g/mol. The standard InChI is InChI=1S/C14H19NO2/c15-13(10-12-4-2-1-3-5-12)14(16)17-9-8-11-6-7-11/h1-5,11,13H,6-10,15H2. The summed E-state index contributed by atoms with van der Waals surface area (Å²) in [7, 11) is 0. The first kappa shape index (κ1) is 12.1. The molecule has 0 aliphatic heterocycles. The van der Waals surface area contributed by atoms with Gasteiger partial charge in [0.2, 0.25) is 0 Å². The molecule has 1 aliphatic carbocycles. The van der Waals surface area contributed by atoms with E-state index in [0.717, 1.165) is 17.9 Å². The van der Waals surface area contributed by atoms with Crippen molar-refractivity contribution in [2.24, 2.45) is 11.7 Å². The molecule has 3 heteroatoms. The number of benzene rings is 1. The molecule has 1 aromatic rings. The molecular weight excluding hydrogens is 214 g/mol. The van der Waals surface area contributed by atoms with Crippen molar-refractivity contribution in [3.8, 4) is 0 Å². The summed E-state index contributed by atoms with van der Waals surface area (Å²) in [6.45, 7) is 0.520. The van der Waals surface area contributed by atoms with Crippen LogP contribution >= 0.6 is 0 Å². The first-order chi connectivity index (χ1) is 8.25. The third kappa shape index (κ3) is 4.19. The van der Waals surface area contributed by atoms with E-state index < -0.39 is 6.04 Å². The van der Waals surface area contributed by atoms with Gasteiger partial charge in [-0.05, 0) is 24.3 Å². The lowest BCUT2D eigenvalue weighted by molar-refractivity contribution is -0.145. The molecule has 0 saturated heterocycles. The van der Waals surface area contributed by atoms with E-state index in [4.69, 9.17) is 10.5 Å². The average Bonchev–Trinajstić information content (AvgIpc) is 3.14. The van der Waals surface area contributed by atoms with Crippen LogP contribution in [0.2, 0.25) is 0 Å². The molecule has 1 unspecified atom stereocenters. The Kier molecular flexibility index (Phi) is 4.15. The minimum Gasteiger partial charge on any atom is -0.465 e. The number of carbonyl (C=O) groups excluding carboxylic acids is 1. The summed E-state index contributed by atoms with van der Waals surface area (Å²) in [6.07, 6.45) is 4.11. The SMILES string of the molecule is NC(Cc1ccccc1)C(=O)OCCC1CC1. The second-order valence-corrected chi connectivity index (χ2v) is 4.70. The number of hydrogen-bond donors (Lipinski definition) is 1. The number of ether oxygens (including phenoxy) is 1. The van der Waals surface area contributed by atoms with Crippen molar-refractivity contribution in [2.75, 3.05) is 6.61 Å². The van der Waals surface area contributed by atoms with E-state index in [0.29, 0.717) is 13.0 Å². The van der Waals surface area contributed by atoms with Gasteiger partial charge in [0.05, 0.1) is 6.61 Å². The molecule has 1 saturated carbocycles. The van der Waals surface area contributed by atoms with Crippen molar-refractivity contribution in [3.05, 3.63) is 35.9 Å². The summed E-state index contributed by atoms with van der Waals surface area (Å²) in [5.74, 6) is 0.502. The van der Waals surface area contributed by atoms with E-state index in [1.807, 2.05) is 30.3 Å². The van der Waals surface area contributed by atoms with Crippen molar-refractivity contribution in [2.45, 2.75) is 31.7 Å². The topological polar surface area (TPSA) is 52.3 Å². The Morgan fingerprint density at radius 2 is 2.06 bits per heavy atom. The summed E-state index contributed by atoms with van der Waals surface area (Å²) in [6, 6.07) is 9.23. The van der Waals surface area contributed by atoms with Gasteiger partial charge < -0.3 is 10.5 Å². The normalized spacial score (nSPS) is 16.5. The maximum atomic E-state index is 11.6. The molecule has 0 heterocycles. The minimum absolute atomic E-state index is 0.283. The largest absolute Gasteiger partial charge is 0.465 e. The summed E-state index contributed by atoms with van der Waals surface area (Å²) >= 11 is 0. The highest BCUT2D eigenvalue weighted by molar-refractivity contribution is 5.75. The van der Waals surface area contributed by atoms with E-state index in [9.17, 15) is 4.79 Å². The second kappa shape index (κ2) is 5.82. The zero-order valence-corrected chi connectivity index (χ0v) is 9.97. The maximum Gasteiger partial charge on any atom is 0.323 e. The van der Waals surface area contributed by atoms with Gasteiger partial charge in [0.25, 0.3) is 0 Å². The van der Waals surface area contributed by atoms with E-state index in [2.05, 4.69) is 0 Å². The van der Waals surface area contributed by atoms with Crippen molar-refractivity contribution >= 4 is 5.97 Å². The van der Waals surface area contributed by atoms with Crippen LogP contribution in [0.4, 0.5) is 0 Å². The number of carbonyl (C=O) groups is 1. The van der Waals surface area contributed by atoms with Crippen LogP contribution in [-0.2, 0) is 16.0 Å². The highest BCUT2D eigenvalue weighted by Gasteiger charge is 2.22. The van der Waals surface area contributed by atoms with Crippen molar-refractivity contribution in [1.82, 2.24) is 0 Å². The highest BCUT2D eigenvalue weighted by Crippen LogP contribution is 2.32. The van der Waals surface area contributed by atoms with Gasteiger partial charge in [-0.15, -0.1) is 0 Å². The fourth-order valence-corrected chi connectivity index (χ4v) is 1.79. The van der Waals surface area contributed by atoms with Crippen molar-refractivity contribution < 1.29 is 9.53 Å². The molecular formula is C14H19NO2. The van der Waals surface area contributed by atoms with E-state index in [1.165, 1.54) is 12.8 Å². The van der Waals surface area contributed by atoms with E-state index >= 15 is 0 Å². The van der Waals surface area contributed by atoms with Gasteiger partial charge >= 0.3 is 5.97 Å². The van der Waals surface area contributed by atoms with Crippen LogP contribution < -0.4 is 5.73 Å². The number of esters is 1. The van der Waals surface area contributed by atoms with Gasteiger partial charge in [-0.3, -0.25) is 4.79 Å². The molecule has 2 rings (SSSR count). The van der Waals surface area contributed by atoms with Crippen LogP contribution in [0.15, 0.2) is 30.3 Å². The molecule has 0 aromatic heterocycles. The quantitative estimate of drug-likeness (QED) is 0.763. The lowest BCUT2D eigenvalue weighted by Crippen LogP contribution is -2.34. The summed E-state index contributed by atoms with van der Waals surface area (Å²) < 4.78 is 5.16. The Morgan fingerprint density at radius 3 is 2.71 bits per heavy atom. The smallest absolute Gasteiger partial charge is 0.323 e. The van der Waals surface area contributed by atoms with Crippen LogP contribution in [0.25, 0.3) is 0 Å². The lowest BCUT2D eigenvalue weighted by Gasteiger charge is -2.11. The molecule has 0 spiro atoms. The van der Waals surface area contributed by atoms with Gasteiger partial charge in [-0.2, -0.15) is 0 Å². The molecule has 1 aliphatic rings.